The Bertz CT molecular complexity index is 561. The Morgan fingerprint density at radius 1 is 1.32 bits per heavy atom. The van der Waals surface area contributed by atoms with E-state index in [4.69, 9.17) is 20.0 Å². The molecule has 0 unspecified atom stereocenters. The Hall–Kier alpha value is -2.41. The molecule has 0 spiro atoms. The quantitative estimate of drug-likeness (QED) is 0.656. The van der Waals surface area contributed by atoms with Crippen LogP contribution in [0, 0.1) is 22.7 Å². The van der Waals surface area contributed by atoms with Crippen molar-refractivity contribution in [2.24, 2.45) is 5.10 Å². The van der Waals surface area contributed by atoms with Crippen molar-refractivity contribution in [1.82, 2.24) is 0 Å². The van der Waals surface area contributed by atoms with Gasteiger partial charge in [-0.15, -0.1) is 0 Å². The molecule has 1 aliphatic rings. The molecule has 0 atom stereocenters. The minimum Gasteiger partial charge on any atom is -0.344 e. The molecule has 0 saturated carbocycles. The van der Waals surface area contributed by atoms with Gasteiger partial charge in [0.25, 0.3) is 0 Å². The van der Waals surface area contributed by atoms with Crippen molar-refractivity contribution >= 4 is 11.4 Å². The largest absolute Gasteiger partial charge is 0.344 e. The van der Waals surface area contributed by atoms with Gasteiger partial charge in [-0.05, 0) is 19.1 Å². The summed E-state index contributed by atoms with van der Waals surface area (Å²) in [6.45, 7) is 2.96. The van der Waals surface area contributed by atoms with E-state index in [9.17, 15) is 0 Å². The molecule has 1 aliphatic heterocycles. The van der Waals surface area contributed by atoms with Crippen LogP contribution in [0.3, 0.4) is 0 Å². The number of benzene rings is 1. The zero-order valence-corrected chi connectivity index (χ0v) is 10.4. The van der Waals surface area contributed by atoms with Gasteiger partial charge < -0.3 is 9.47 Å². The fraction of sp³-hybridized carbons (Fsp3) is 0.308. The van der Waals surface area contributed by atoms with Crippen molar-refractivity contribution in [3.63, 3.8) is 0 Å². The number of ether oxygens (including phenoxy) is 2. The van der Waals surface area contributed by atoms with Crippen molar-refractivity contribution in [2.75, 3.05) is 18.6 Å². The molecule has 6 heteroatoms. The van der Waals surface area contributed by atoms with Crippen LogP contribution >= 0.6 is 0 Å². The second kappa shape index (κ2) is 5.49. The smallest absolute Gasteiger partial charge is 0.237 e. The summed E-state index contributed by atoms with van der Waals surface area (Å²) in [6.07, 6.45) is 0. The number of hydrazone groups is 1. The molecule has 0 aliphatic carbocycles. The maximum Gasteiger partial charge on any atom is 0.237 e. The summed E-state index contributed by atoms with van der Waals surface area (Å²) >= 11 is 0. The second-order valence-corrected chi connectivity index (χ2v) is 4.02. The number of nitriles is 2. The highest BCUT2D eigenvalue weighted by Gasteiger charge is 2.33. The highest BCUT2D eigenvalue weighted by Crippen LogP contribution is 2.31. The van der Waals surface area contributed by atoms with Crippen molar-refractivity contribution in [1.29, 1.82) is 10.5 Å². The van der Waals surface area contributed by atoms with Gasteiger partial charge in [0.1, 0.15) is 12.1 Å². The minimum atomic E-state index is -0.755. The summed E-state index contributed by atoms with van der Waals surface area (Å²) in [6, 6.07) is 10.6. The van der Waals surface area contributed by atoms with Gasteiger partial charge in [-0.2, -0.15) is 15.6 Å². The van der Waals surface area contributed by atoms with Gasteiger partial charge in [-0.25, -0.2) is 0 Å². The fourth-order valence-corrected chi connectivity index (χ4v) is 1.75. The Morgan fingerprint density at radius 3 is 2.63 bits per heavy atom. The Kier molecular flexibility index (Phi) is 3.76. The zero-order valence-electron chi connectivity index (χ0n) is 10.4. The third kappa shape index (κ3) is 2.89. The highest BCUT2D eigenvalue weighted by molar-refractivity contribution is 6.10. The SMILES string of the molecule is CC1(c2cccc(NN=C(C#N)C#N)c2)OCCO1. The summed E-state index contributed by atoms with van der Waals surface area (Å²) in [5.41, 5.74) is 3.93. The lowest BCUT2D eigenvalue weighted by Crippen LogP contribution is -2.22. The van der Waals surface area contributed by atoms with Crippen LogP contribution < -0.4 is 5.43 Å². The summed E-state index contributed by atoms with van der Waals surface area (Å²) in [7, 11) is 0. The summed E-state index contributed by atoms with van der Waals surface area (Å²) in [5, 5.41) is 20.9. The molecular weight excluding hydrogens is 244 g/mol. The molecule has 1 N–H and O–H groups in total. The second-order valence-electron chi connectivity index (χ2n) is 4.02. The van der Waals surface area contributed by atoms with Gasteiger partial charge in [0.05, 0.1) is 18.9 Å². The predicted molar refractivity (Wildman–Crippen MR) is 68.0 cm³/mol. The van der Waals surface area contributed by atoms with Gasteiger partial charge in [0, 0.05) is 5.56 Å². The number of anilines is 1. The Morgan fingerprint density at radius 2 is 2.00 bits per heavy atom. The van der Waals surface area contributed by atoms with Crippen LogP contribution in [-0.4, -0.2) is 18.9 Å². The zero-order chi connectivity index (χ0) is 13.7. The van der Waals surface area contributed by atoms with E-state index >= 15 is 0 Å². The van der Waals surface area contributed by atoms with Crippen LogP contribution in [0.25, 0.3) is 0 Å². The van der Waals surface area contributed by atoms with E-state index < -0.39 is 5.79 Å². The van der Waals surface area contributed by atoms with Gasteiger partial charge in [-0.3, -0.25) is 5.43 Å². The average molecular weight is 256 g/mol. The lowest BCUT2D eigenvalue weighted by molar-refractivity contribution is -0.149. The first-order chi connectivity index (χ1) is 9.18. The fourth-order valence-electron chi connectivity index (χ4n) is 1.75. The third-order valence-electron chi connectivity index (χ3n) is 2.73. The first kappa shape index (κ1) is 13.0. The first-order valence-corrected chi connectivity index (χ1v) is 5.70. The molecule has 1 aromatic carbocycles. The molecule has 0 radical (unpaired) electrons. The molecule has 0 aromatic heterocycles. The molecule has 1 fully saturated rings. The average Bonchev–Trinajstić information content (AvgIpc) is 2.89. The lowest BCUT2D eigenvalue weighted by Gasteiger charge is -2.23. The topological polar surface area (TPSA) is 90.4 Å². The van der Waals surface area contributed by atoms with Crippen LogP contribution in [-0.2, 0) is 15.3 Å². The number of hydrogen-bond donors (Lipinski definition) is 1. The first-order valence-electron chi connectivity index (χ1n) is 5.70. The molecule has 1 aromatic rings. The maximum absolute atomic E-state index is 8.59. The molecule has 96 valence electrons. The van der Waals surface area contributed by atoms with Crippen molar-refractivity contribution in [2.45, 2.75) is 12.7 Å². The number of nitrogens with one attached hydrogen (secondary N) is 1. The maximum atomic E-state index is 8.59. The molecule has 1 heterocycles. The van der Waals surface area contributed by atoms with Gasteiger partial charge in [0.2, 0.25) is 5.71 Å². The van der Waals surface area contributed by atoms with Crippen LogP contribution in [0.4, 0.5) is 5.69 Å². The van der Waals surface area contributed by atoms with E-state index in [1.54, 1.807) is 24.3 Å². The molecule has 2 rings (SSSR count). The standard InChI is InChI=1S/C13H12N4O2/c1-13(18-5-6-19-13)10-3-2-4-11(7-10)16-17-12(8-14)9-15/h2-4,7,16H,5-6H2,1H3. The monoisotopic (exact) mass is 256 g/mol. The van der Waals surface area contributed by atoms with E-state index in [0.717, 1.165) is 5.56 Å². The Labute approximate surface area is 110 Å². The number of hydrogen-bond acceptors (Lipinski definition) is 6. The third-order valence-corrected chi connectivity index (χ3v) is 2.73. The normalized spacial score (nSPS) is 16.2. The van der Waals surface area contributed by atoms with Gasteiger partial charge in [-0.1, -0.05) is 12.1 Å². The summed E-state index contributed by atoms with van der Waals surface area (Å²) in [5.74, 6) is -0.755. The van der Waals surface area contributed by atoms with Crippen LogP contribution in [0.1, 0.15) is 12.5 Å². The summed E-state index contributed by atoms with van der Waals surface area (Å²) in [4.78, 5) is 0. The van der Waals surface area contributed by atoms with Crippen LogP contribution in [0.5, 0.6) is 0 Å². The minimum absolute atomic E-state index is 0.231. The number of rotatable bonds is 3. The Balaban J connectivity index is 2.19. The molecular formula is C13H12N4O2. The van der Waals surface area contributed by atoms with Gasteiger partial charge >= 0.3 is 0 Å². The summed E-state index contributed by atoms with van der Waals surface area (Å²) < 4.78 is 11.1. The molecule has 6 nitrogen and oxygen atoms in total. The van der Waals surface area contributed by atoms with Gasteiger partial charge in [0.15, 0.2) is 5.79 Å². The van der Waals surface area contributed by atoms with Crippen molar-refractivity contribution in [3.8, 4) is 12.1 Å². The van der Waals surface area contributed by atoms with E-state index in [-0.39, 0.29) is 5.71 Å². The predicted octanol–water partition coefficient (Wildman–Crippen LogP) is 1.72. The van der Waals surface area contributed by atoms with Crippen LogP contribution in [0.2, 0.25) is 0 Å². The van der Waals surface area contributed by atoms with Crippen molar-refractivity contribution < 1.29 is 9.47 Å². The van der Waals surface area contributed by atoms with E-state index in [2.05, 4.69) is 10.5 Å². The van der Waals surface area contributed by atoms with E-state index in [0.29, 0.717) is 18.9 Å². The molecule has 19 heavy (non-hydrogen) atoms. The lowest BCUT2D eigenvalue weighted by atomic mass is 10.1. The van der Waals surface area contributed by atoms with Crippen LogP contribution in [0.15, 0.2) is 29.4 Å². The molecule has 0 amide bonds. The van der Waals surface area contributed by atoms with E-state index in [1.165, 1.54) is 0 Å². The molecule has 1 saturated heterocycles. The molecule has 0 bridgehead atoms. The van der Waals surface area contributed by atoms with E-state index in [1.807, 2.05) is 19.1 Å². The number of nitrogens with zero attached hydrogens (tertiary/aromatic N) is 3. The highest BCUT2D eigenvalue weighted by atomic mass is 16.7. The van der Waals surface area contributed by atoms with Crippen molar-refractivity contribution in [3.05, 3.63) is 29.8 Å².